The summed E-state index contributed by atoms with van der Waals surface area (Å²) in [5.41, 5.74) is 10.6. The molecule has 10 nitrogen and oxygen atoms in total. The molecule has 0 heterocycles. The van der Waals surface area contributed by atoms with Gasteiger partial charge < -0.3 is 21.1 Å². The van der Waals surface area contributed by atoms with E-state index in [2.05, 4.69) is 9.68 Å². The highest BCUT2D eigenvalue weighted by molar-refractivity contribution is 6.30. The average Bonchev–Trinajstić information content (AvgIpc) is 2.65. The number of hydrogen-bond donors (Lipinski definition) is 4. The molecule has 0 radical (unpaired) electrons. The summed E-state index contributed by atoms with van der Waals surface area (Å²) in [5.74, 6) is -5.98. The van der Waals surface area contributed by atoms with Crippen molar-refractivity contribution in [2.75, 3.05) is 10.1 Å². The molecule has 0 aliphatic heterocycles. The molecule has 0 saturated heterocycles. The Labute approximate surface area is 156 Å². The highest BCUT2D eigenvalue weighted by atomic mass is 19.1. The maximum absolute atomic E-state index is 13.0. The maximum atomic E-state index is 13.0. The van der Waals surface area contributed by atoms with E-state index in [-0.39, 0.29) is 11.4 Å². The van der Waals surface area contributed by atoms with Crippen molar-refractivity contribution in [3.05, 3.63) is 60.2 Å². The first-order valence-electron chi connectivity index (χ1n) is 7.42. The molecule has 0 unspecified atom stereocenters. The van der Waals surface area contributed by atoms with E-state index in [9.17, 15) is 18.4 Å². The largest absolute Gasteiger partial charge is 0.444 e. The normalized spacial score (nSPS) is 9.93. The molecule has 2 rings (SSSR count). The van der Waals surface area contributed by atoms with Gasteiger partial charge in [-0.15, -0.1) is 10.1 Å². The first-order valence-corrected chi connectivity index (χ1v) is 7.42. The van der Waals surface area contributed by atoms with Crippen LogP contribution in [-0.2, 0) is 19.3 Å². The van der Waals surface area contributed by atoms with Gasteiger partial charge in [-0.3, -0.25) is 10.8 Å². The Morgan fingerprint density at radius 2 is 1.00 bits per heavy atom. The van der Waals surface area contributed by atoms with Gasteiger partial charge in [0.15, 0.2) is 0 Å². The summed E-state index contributed by atoms with van der Waals surface area (Å²) in [6.45, 7) is 0. The van der Waals surface area contributed by atoms with E-state index < -0.39 is 35.5 Å². The summed E-state index contributed by atoms with van der Waals surface area (Å²) in [7, 11) is 0. The van der Waals surface area contributed by atoms with Gasteiger partial charge in [-0.05, 0) is 48.5 Å². The van der Waals surface area contributed by atoms with Crippen LogP contribution in [0.25, 0.3) is 0 Å². The number of carbonyl (C=O) groups excluding carboxylic acids is 2. The van der Waals surface area contributed by atoms with Crippen molar-refractivity contribution in [1.82, 2.24) is 0 Å². The second-order valence-electron chi connectivity index (χ2n) is 5.07. The van der Waals surface area contributed by atoms with Crippen molar-refractivity contribution in [3.8, 4) is 0 Å². The fourth-order valence-corrected chi connectivity index (χ4v) is 1.88. The number of benzene rings is 2. The first kappa shape index (κ1) is 20.1. The first-order chi connectivity index (χ1) is 13.2. The monoisotopic (exact) mass is 392 g/mol. The Kier molecular flexibility index (Phi) is 6.06. The quantitative estimate of drug-likeness (QED) is 0.255. The van der Waals surface area contributed by atoms with E-state index >= 15 is 0 Å². The van der Waals surface area contributed by atoms with Crippen molar-refractivity contribution in [2.24, 2.45) is 11.5 Å². The summed E-state index contributed by atoms with van der Waals surface area (Å²) in [5, 5.41) is 15.8. The molecule has 0 aliphatic carbocycles. The van der Waals surface area contributed by atoms with E-state index in [1.54, 1.807) is 0 Å². The van der Waals surface area contributed by atoms with Crippen molar-refractivity contribution in [2.45, 2.75) is 0 Å². The van der Waals surface area contributed by atoms with Gasteiger partial charge >= 0.3 is 11.9 Å². The predicted molar refractivity (Wildman–Crippen MR) is 93.8 cm³/mol. The average molecular weight is 392 g/mol. The lowest BCUT2D eigenvalue weighted by molar-refractivity contribution is -0.167. The van der Waals surface area contributed by atoms with Gasteiger partial charge in [0.05, 0.1) is 11.4 Å². The van der Waals surface area contributed by atoms with E-state index in [1.165, 1.54) is 0 Å². The second kappa shape index (κ2) is 8.44. The van der Waals surface area contributed by atoms with Crippen molar-refractivity contribution >= 4 is 35.2 Å². The SMILES string of the molecule is N=C(N)N(OC(=O)C(=O)ON(C(=N)N)c1ccc(F)cc1)c1ccc(F)cc1. The van der Waals surface area contributed by atoms with E-state index in [0.29, 0.717) is 10.1 Å². The van der Waals surface area contributed by atoms with E-state index in [4.69, 9.17) is 22.3 Å². The lowest BCUT2D eigenvalue weighted by Crippen LogP contribution is -2.44. The molecular formula is C16H14F2N6O4. The molecule has 0 bridgehead atoms. The maximum Gasteiger partial charge on any atom is 0.444 e. The van der Waals surface area contributed by atoms with Crippen LogP contribution in [0.15, 0.2) is 48.5 Å². The van der Waals surface area contributed by atoms with Crippen LogP contribution in [-0.4, -0.2) is 23.9 Å². The summed E-state index contributed by atoms with van der Waals surface area (Å²) >= 11 is 0. The van der Waals surface area contributed by atoms with Gasteiger partial charge in [-0.2, -0.15) is 0 Å². The van der Waals surface area contributed by atoms with E-state index in [0.717, 1.165) is 48.5 Å². The molecule has 0 aromatic heterocycles. The van der Waals surface area contributed by atoms with Gasteiger partial charge in [-0.25, -0.2) is 18.4 Å². The smallest absolute Gasteiger partial charge is 0.367 e. The van der Waals surface area contributed by atoms with Crippen LogP contribution >= 0.6 is 0 Å². The van der Waals surface area contributed by atoms with Crippen LogP contribution in [0, 0.1) is 22.5 Å². The predicted octanol–water partition coefficient (Wildman–Crippen LogP) is 0.981. The molecule has 0 amide bonds. The third-order valence-electron chi connectivity index (χ3n) is 3.07. The van der Waals surface area contributed by atoms with Gasteiger partial charge in [-0.1, -0.05) is 0 Å². The molecular weight excluding hydrogens is 378 g/mol. The highest BCUT2D eigenvalue weighted by Gasteiger charge is 2.28. The second-order valence-corrected chi connectivity index (χ2v) is 5.07. The number of hydrogen-bond acceptors (Lipinski definition) is 6. The third-order valence-corrected chi connectivity index (χ3v) is 3.07. The highest BCUT2D eigenvalue weighted by Crippen LogP contribution is 2.17. The van der Waals surface area contributed by atoms with Crippen LogP contribution in [0.2, 0.25) is 0 Å². The number of halogens is 2. The Hall–Kier alpha value is -4.22. The molecule has 0 aliphatic rings. The summed E-state index contributed by atoms with van der Waals surface area (Å²) < 4.78 is 26.0. The number of rotatable bonds is 2. The molecule has 146 valence electrons. The van der Waals surface area contributed by atoms with Gasteiger partial charge in [0.2, 0.25) is 11.9 Å². The molecule has 0 spiro atoms. The number of guanidine groups is 2. The fourth-order valence-electron chi connectivity index (χ4n) is 1.88. The van der Waals surface area contributed by atoms with Gasteiger partial charge in [0, 0.05) is 0 Å². The minimum Gasteiger partial charge on any atom is -0.367 e. The molecule has 12 heteroatoms. The molecule has 0 fully saturated rings. The van der Waals surface area contributed by atoms with Crippen molar-refractivity contribution < 1.29 is 28.0 Å². The molecule has 2 aromatic rings. The minimum atomic E-state index is -1.62. The van der Waals surface area contributed by atoms with Crippen molar-refractivity contribution in [3.63, 3.8) is 0 Å². The molecule has 6 N–H and O–H groups in total. The van der Waals surface area contributed by atoms with Gasteiger partial charge in [0.1, 0.15) is 11.6 Å². The molecule has 2 aromatic carbocycles. The van der Waals surface area contributed by atoms with Crippen LogP contribution in [0.3, 0.4) is 0 Å². The van der Waals surface area contributed by atoms with Crippen LogP contribution < -0.4 is 21.6 Å². The fraction of sp³-hybridized carbons (Fsp3) is 0. The number of nitrogens with one attached hydrogen (secondary N) is 2. The Balaban J connectivity index is 2.14. The molecule has 0 atom stereocenters. The van der Waals surface area contributed by atoms with Crippen LogP contribution in [0.1, 0.15) is 0 Å². The number of carbonyl (C=O) groups is 2. The summed E-state index contributed by atoms with van der Waals surface area (Å²) in [6, 6.07) is 8.66. The van der Waals surface area contributed by atoms with E-state index in [1.807, 2.05) is 0 Å². The number of nitrogens with zero attached hydrogens (tertiary/aromatic N) is 2. The number of nitrogens with two attached hydrogens (primary N) is 2. The standard InChI is InChI=1S/C16H14F2N6O4/c17-9-1-5-11(6-2-9)23(15(19)20)27-13(25)14(26)28-24(16(21)22)12-7-3-10(18)4-8-12/h1-8H,(H3,19,20)(H3,21,22). The zero-order valence-electron chi connectivity index (χ0n) is 14.1. The molecule has 0 saturated carbocycles. The minimum absolute atomic E-state index is 0.0167. The topological polar surface area (TPSA) is 159 Å². The third kappa shape index (κ3) is 4.91. The van der Waals surface area contributed by atoms with Crippen LogP contribution in [0.4, 0.5) is 20.2 Å². The Morgan fingerprint density at radius 3 is 1.25 bits per heavy atom. The number of hydroxylamine groups is 2. The summed E-state index contributed by atoms with van der Waals surface area (Å²) in [6.07, 6.45) is 0. The zero-order valence-corrected chi connectivity index (χ0v) is 14.1. The lowest BCUT2D eigenvalue weighted by atomic mass is 10.3. The van der Waals surface area contributed by atoms with Crippen LogP contribution in [0.5, 0.6) is 0 Å². The Morgan fingerprint density at radius 1 is 0.714 bits per heavy atom. The molecule has 28 heavy (non-hydrogen) atoms. The van der Waals surface area contributed by atoms with Gasteiger partial charge in [0.25, 0.3) is 0 Å². The lowest BCUT2D eigenvalue weighted by Gasteiger charge is -2.22. The van der Waals surface area contributed by atoms with Crippen molar-refractivity contribution in [1.29, 1.82) is 10.8 Å². The number of anilines is 2. The summed E-state index contributed by atoms with van der Waals surface area (Å²) in [4.78, 5) is 33.3. The Bertz CT molecular complexity index is 829. The zero-order chi connectivity index (χ0) is 20.8.